The molecule has 1 fully saturated rings. The molecule has 4 nitrogen and oxygen atoms in total. The summed E-state index contributed by atoms with van der Waals surface area (Å²) >= 11 is 0. The molecule has 2 unspecified atom stereocenters. The number of rotatable bonds is 2. The summed E-state index contributed by atoms with van der Waals surface area (Å²) in [5.41, 5.74) is 7.17. The van der Waals surface area contributed by atoms with E-state index in [0.29, 0.717) is 17.3 Å². The van der Waals surface area contributed by atoms with Crippen molar-refractivity contribution in [2.45, 2.75) is 45.1 Å². The van der Waals surface area contributed by atoms with Crippen LogP contribution in [0.5, 0.6) is 0 Å². The van der Waals surface area contributed by atoms with Crippen molar-refractivity contribution in [1.29, 1.82) is 0 Å². The summed E-state index contributed by atoms with van der Waals surface area (Å²) in [6, 6.07) is 4.83. The molecule has 1 aromatic carbocycles. The molecule has 2 aromatic rings. The van der Waals surface area contributed by atoms with Gasteiger partial charge in [-0.05, 0) is 37.8 Å². The maximum atomic E-state index is 13.9. The predicted molar refractivity (Wildman–Crippen MR) is 77.9 cm³/mol. The molecule has 5 heteroatoms. The van der Waals surface area contributed by atoms with E-state index in [1.807, 2.05) is 6.92 Å². The van der Waals surface area contributed by atoms with Crippen LogP contribution in [0.1, 0.15) is 44.0 Å². The van der Waals surface area contributed by atoms with Crippen molar-refractivity contribution >= 4 is 0 Å². The Kier molecular flexibility index (Phi) is 3.53. The number of halogens is 1. The van der Waals surface area contributed by atoms with Gasteiger partial charge >= 0.3 is 0 Å². The molecule has 0 bridgehead atoms. The van der Waals surface area contributed by atoms with Gasteiger partial charge in [0.25, 0.3) is 5.89 Å². The highest BCUT2D eigenvalue weighted by atomic mass is 19.1. The molecule has 0 amide bonds. The molecule has 0 aliphatic heterocycles. The zero-order chi connectivity index (χ0) is 15.0. The van der Waals surface area contributed by atoms with Crippen LogP contribution in [0.2, 0.25) is 0 Å². The number of nitrogens with two attached hydrogens (primary N) is 1. The third kappa shape index (κ3) is 2.70. The molecule has 0 radical (unpaired) electrons. The number of aryl methyl sites for hydroxylation is 1. The zero-order valence-corrected chi connectivity index (χ0v) is 12.4. The minimum Gasteiger partial charge on any atom is -0.334 e. The van der Waals surface area contributed by atoms with Gasteiger partial charge in [0, 0.05) is 0 Å². The lowest BCUT2D eigenvalue weighted by Crippen LogP contribution is -2.42. The maximum absolute atomic E-state index is 13.9. The average molecular weight is 289 g/mol. The normalized spacial score (nSPS) is 26.0. The van der Waals surface area contributed by atoms with Gasteiger partial charge in [-0.15, -0.1) is 0 Å². The van der Waals surface area contributed by atoms with Gasteiger partial charge in [-0.3, -0.25) is 0 Å². The summed E-state index contributed by atoms with van der Waals surface area (Å²) in [6.45, 7) is 4.08. The highest BCUT2D eigenvalue weighted by molar-refractivity contribution is 5.55. The number of benzene rings is 1. The molecule has 1 saturated carbocycles. The SMILES string of the molecule is Cc1ccc(F)c(-c2nc(C3(N)CCCC(C)C3)no2)c1. The summed E-state index contributed by atoms with van der Waals surface area (Å²) in [4.78, 5) is 4.37. The minimum atomic E-state index is -0.556. The number of aromatic nitrogens is 2. The lowest BCUT2D eigenvalue weighted by atomic mass is 9.76. The predicted octanol–water partition coefficient (Wildman–Crippen LogP) is 3.55. The summed E-state index contributed by atoms with van der Waals surface area (Å²) < 4.78 is 19.2. The van der Waals surface area contributed by atoms with Crippen molar-refractivity contribution < 1.29 is 8.91 Å². The van der Waals surface area contributed by atoms with Crippen LogP contribution in [0.4, 0.5) is 4.39 Å². The van der Waals surface area contributed by atoms with Crippen LogP contribution < -0.4 is 5.73 Å². The van der Waals surface area contributed by atoms with Crippen LogP contribution in [-0.4, -0.2) is 10.1 Å². The molecule has 21 heavy (non-hydrogen) atoms. The second-order valence-electron chi connectivity index (χ2n) is 6.26. The van der Waals surface area contributed by atoms with E-state index in [1.165, 1.54) is 12.5 Å². The largest absolute Gasteiger partial charge is 0.334 e. The molecule has 1 aromatic heterocycles. The van der Waals surface area contributed by atoms with E-state index in [1.54, 1.807) is 12.1 Å². The summed E-state index contributed by atoms with van der Waals surface area (Å²) in [7, 11) is 0. The van der Waals surface area contributed by atoms with Gasteiger partial charge < -0.3 is 10.3 Å². The highest BCUT2D eigenvalue weighted by Crippen LogP contribution is 2.37. The van der Waals surface area contributed by atoms with Gasteiger partial charge in [0.05, 0.1) is 11.1 Å². The molecule has 2 atom stereocenters. The fourth-order valence-corrected chi connectivity index (χ4v) is 3.13. The zero-order valence-electron chi connectivity index (χ0n) is 12.4. The van der Waals surface area contributed by atoms with Gasteiger partial charge in [-0.2, -0.15) is 4.98 Å². The third-order valence-corrected chi connectivity index (χ3v) is 4.26. The van der Waals surface area contributed by atoms with Crippen molar-refractivity contribution in [3.63, 3.8) is 0 Å². The number of nitrogens with zero attached hydrogens (tertiary/aromatic N) is 2. The Morgan fingerprint density at radius 1 is 1.43 bits per heavy atom. The Morgan fingerprint density at radius 2 is 2.24 bits per heavy atom. The second-order valence-corrected chi connectivity index (χ2v) is 6.26. The van der Waals surface area contributed by atoms with E-state index >= 15 is 0 Å². The monoisotopic (exact) mass is 289 g/mol. The molecule has 112 valence electrons. The first kappa shape index (κ1) is 14.2. The van der Waals surface area contributed by atoms with Gasteiger partial charge in [0.15, 0.2) is 5.82 Å². The molecule has 1 aliphatic rings. The van der Waals surface area contributed by atoms with Crippen LogP contribution in [-0.2, 0) is 5.54 Å². The van der Waals surface area contributed by atoms with E-state index < -0.39 is 5.54 Å². The van der Waals surface area contributed by atoms with Crippen molar-refractivity contribution in [2.75, 3.05) is 0 Å². The number of hydrogen-bond donors (Lipinski definition) is 1. The van der Waals surface area contributed by atoms with Crippen LogP contribution in [0, 0.1) is 18.7 Å². The first-order valence-electron chi connectivity index (χ1n) is 7.37. The quantitative estimate of drug-likeness (QED) is 0.918. The molecule has 0 spiro atoms. The van der Waals surface area contributed by atoms with E-state index in [9.17, 15) is 4.39 Å². The molecule has 0 saturated heterocycles. The fraction of sp³-hybridized carbons (Fsp3) is 0.500. The Morgan fingerprint density at radius 3 is 3.00 bits per heavy atom. The summed E-state index contributed by atoms with van der Waals surface area (Å²) in [5.74, 6) is 0.875. The van der Waals surface area contributed by atoms with E-state index in [2.05, 4.69) is 17.1 Å². The molecular weight excluding hydrogens is 269 g/mol. The second kappa shape index (κ2) is 5.22. The van der Waals surface area contributed by atoms with Gasteiger partial charge in [0.1, 0.15) is 5.82 Å². The first-order chi connectivity index (χ1) is 9.98. The number of hydrogen-bond acceptors (Lipinski definition) is 4. The maximum Gasteiger partial charge on any atom is 0.260 e. The fourth-order valence-electron chi connectivity index (χ4n) is 3.13. The Labute approximate surface area is 123 Å². The van der Waals surface area contributed by atoms with Crippen LogP contribution >= 0.6 is 0 Å². The van der Waals surface area contributed by atoms with Gasteiger partial charge in [-0.1, -0.05) is 36.6 Å². The van der Waals surface area contributed by atoms with Crippen molar-refractivity contribution in [3.8, 4) is 11.5 Å². The molecule has 3 rings (SSSR count). The van der Waals surface area contributed by atoms with Crippen LogP contribution in [0.3, 0.4) is 0 Å². The lowest BCUT2D eigenvalue weighted by Gasteiger charge is -2.33. The molecule has 2 N–H and O–H groups in total. The van der Waals surface area contributed by atoms with Crippen molar-refractivity contribution in [1.82, 2.24) is 10.1 Å². The summed E-state index contributed by atoms with van der Waals surface area (Å²) in [6.07, 6.45) is 3.91. The molecule has 1 heterocycles. The summed E-state index contributed by atoms with van der Waals surface area (Å²) in [5, 5.41) is 4.02. The van der Waals surface area contributed by atoms with Crippen LogP contribution in [0.25, 0.3) is 11.5 Å². The Bertz CT molecular complexity index is 655. The smallest absolute Gasteiger partial charge is 0.260 e. The topological polar surface area (TPSA) is 64.9 Å². The van der Waals surface area contributed by atoms with Crippen molar-refractivity contribution in [2.24, 2.45) is 11.7 Å². The van der Waals surface area contributed by atoms with Gasteiger partial charge in [-0.25, -0.2) is 4.39 Å². The van der Waals surface area contributed by atoms with E-state index in [0.717, 1.165) is 24.8 Å². The molecular formula is C16H20FN3O. The van der Waals surface area contributed by atoms with E-state index in [-0.39, 0.29) is 11.7 Å². The van der Waals surface area contributed by atoms with Crippen molar-refractivity contribution in [3.05, 3.63) is 35.4 Å². The lowest BCUT2D eigenvalue weighted by molar-refractivity contribution is 0.222. The Balaban J connectivity index is 1.94. The third-order valence-electron chi connectivity index (χ3n) is 4.26. The molecule has 1 aliphatic carbocycles. The standard InChI is InChI=1S/C16H20FN3O/c1-10-5-6-13(17)12(8-10)14-19-15(20-21-14)16(18)7-3-4-11(2)9-16/h5-6,8,11H,3-4,7,9,18H2,1-2H3. The minimum absolute atomic E-state index is 0.203. The highest BCUT2D eigenvalue weighted by Gasteiger charge is 2.37. The van der Waals surface area contributed by atoms with Gasteiger partial charge in [0.2, 0.25) is 0 Å². The van der Waals surface area contributed by atoms with E-state index in [4.69, 9.17) is 10.3 Å². The average Bonchev–Trinajstić information content (AvgIpc) is 2.91. The Hall–Kier alpha value is -1.75. The van der Waals surface area contributed by atoms with Crippen LogP contribution in [0.15, 0.2) is 22.7 Å². The first-order valence-corrected chi connectivity index (χ1v) is 7.37.